The van der Waals surface area contributed by atoms with Crippen LogP contribution in [0.5, 0.6) is 0 Å². The third-order valence-corrected chi connectivity index (χ3v) is 4.54. The number of hydrogen-bond donors (Lipinski definition) is 2. The highest BCUT2D eigenvalue weighted by atomic mass is 16.3. The topological polar surface area (TPSA) is 58.5 Å². The van der Waals surface area contributed by atoms with Crippen molar-refractivity contribution in [3.63, 3.8) is 0 Å². The minimum atomic E-state index is -0.754. The maximum absolute atomic E-state index is 11.0. The molecule has 21 heavy (non-hydrogen) atoms. The van der Waals surface area contributed by atoms with Crippen LogP contribution in [0.4, 0.5) is 0 Å². The van der Waals surface area contributed by atoms with Crippen molar-refractivity contribution in [2.45, 2.75) is 50.8 Å². The number of rotatable bonds is 4. The zero-order valence-corrected chi connectivity index (χ0v) is 12.6. The van der Waals surface area contributed by atoms with E-state index in [9.17, 15) is 5.11 Å². The molecular formula is C17H23NO3. The predicted octanol–water partition coefficient (Wildman–Crippen LogP) is 3.82. The van der Waals surface area contributed by atoms with Crippen LogP contribution in [0.15, 0.2) is 45.6 Å². The number of hydrogen-bond acceptors (Lipinski definition) is 4. The van der Waals surface area contributed by atoms with Gasteiger partial charge in [-0.25, -0.2) is 0 Å². The van der Waals surface area contributed by atoms with Crippen LogP contribution < -0.4 is 5.32 Å². The van der Waals surface area contributed by atoms with Crippen molar-refractivity contribution < 1.29 is 13.9 Å². The Labute approximate surface area is 125 Å². The van der Waals surface area contributed by atoms with Crippen molar-refractivity contribution in [1.82, 2.24) is 5.32 Å². The van der Waals surface area contributed by atoms with E-state index in [2.05, 4.69) is 12.2 Å². The summed E-state index contributed by atoms with van der Waals surface area (Å²) in [6.45, 7) is 4.08. The van der Waals surface area contributed by atoms with E-state index < -0.39 is 5.60 Å². The van der Waals surface area contributed by atoms with Crippen molar-refractivity contribution in [3.8, 4) is 0 Å². The average molecular weight is 289 g/mol. The maximum atomic E-state index is 11.0. The van der Waals surface area contributed by atoms with E-state index in [4.69, 9.17) is 8.83 Å². The molecule has 0 bridgehead atoms. The first-order valence-corrected chi connectivity index (χ1v) is 7.67. The lowest BCUT2D eigenvalue weighted by atomic mass is 9.72. The van der Waals surface area contributed by atoms with Gasteiger partial charge in [0.15, 0.2) is 0 Å². The first-order valence-electron chi connectivity index (χ1n) is 7.67. The molecule has 0 saturated carbocycles. The molecule has 4 heteroatoms. The van der Waals surface area contributed by atoms with Crippen LogP contribution in [0.2, 0.25) is 0 Å². The number of nitrogens with one attached hydrogen (secondary N) is 1. The second-order valence-corrected chi connectivity index (χ2v) is 6.18. The molecule has 0 unspecified atom stereocenters. The molecule has 0 spiro atoms. The Hall–Kier alpha value is -1.52. The van der Waals surface area contributed by atoms with E-state index in [1.807, 2.05) is 31.2 Å². The van der Waals surface area contributed by atoms with Crippen molar-refractivity contribution in [1.29, 1.82) is 0 Å². The van der Waals surface area contributed by atoms with Gasteiger partial charge in [-0.2, -0.15) is 0 Å². The van der Waals surface area contributed by atoms with E-state index in [0.717, 1.165) is 24.4 Å². The van der Waals surface area contributed by atoms with Crippen LogP contribution in [0.25, 0.3) is 0 Å². The summed E-state index contributed by atoms with van der Waals surface area (Å²) in [7, 11) is 0. The number of furan rings is 2. The van der Waals surface area contributed by atoms with E-state index in [-0.39, 0.29) is 18.0 Å². The Morgan fingerprint density at radius 3 is 2.48 bits per heavy atom. The van der Waals surface area contributed by atoms with E-state index in [1.165, 1.54) is 0 Å². The van der Waals surface area contributed by atoms with Crippen LogP contribution in [0.1, 0.15) is 56.7 Å². The fourth-order valence-electron chi connectivity index (χ4n) is 3.53. The monoisotopic (exact) mass is 289 g/mol. The van der Waals surface area contributed by atoms with Crippen LogP contribution in [0, 0.1) is 5.92 Å². The molecule has 0 radical (unpaired) electrons. The summed E-state index contributed by atoms with van der Waals surface area (Å²) in [4.78, 5) is 0. The molecule has 3 heterocycles. The molecular weight excluding hydrogens is 266 g/mol. The van der Waals surface area contributed by atoms with Crippen molar-refractivity contribution in [2.75, 3.05) is 0 Å². The molecule has 114 valence electrons. The van der Waals surface area contributed by atoms with Crippen molar-refractivity contribution >= 4 is 0 Å². The normalized spacial score (nSPS) is 33.2. The Morgan fingerprint density at radius 2 is 1.90 bits per heavy atom. The fourth-order valence-corrected chi connectivity index (χ4v) is 3.53. The highest BCUT2D eigenvalue weighted by molar-refractivity contribution is 5.16. The number of aliphatic hydroxyl groups is 1. The average Bonchev–Trinajstić information content (AvgIpc) is 3.13. The Morgan fingerprint density at radius 1 is 1.24 bits per heavy atom. The molecule has 1 aliphatic rings. The summed E-state index contributed by atoms with van der Waals surface area (Å²) >= 11 is 0. The Kier molecular flexibility index (Phi) is 3.91. The second kappa shape index (κ2) is 5.70. The van der Waals surface area contributed by atoms with Gasteiger partial charge in [0, 0.05) is 5.92 Å². The Balaban J connectivity index is 1.92. The van der Waals surface area contributed by atoms with Gasteiger partial charge in [-0.05, 0) is 44.0 Å². The molecule has 0 aliphatic carbocycles. The first-order chi connectivity index (χ1) is 10.1. The van der Waals surface area contributed by atoms with Crippen LogP contribution in [0.3, 0.4) is 0 Å². The van der Waals surface area contributed by atoms with E-state index in [0.29, 0.717) is 6.42 Å². The maximum Gasteiger partial charge on any atom is 0.121 e. The smallest absolute Gasteiger partial charge is 0.121 e. The first kappa shape index (κ1) is 14.4. The molecule has 2 aromatic heterocycles. The van der Waals surface area contributed by atoms with Gasteiger partial charge < -0.3 is 13.9 Å². The molecule has 2 aromatic rings. The van der Waals surface area contributed by atoms with Crippen LogP contribution >= 0.6 is 0 Å². The van der Waals surface area contributed by atoms with Gasteiger partial charge in [-0.1, -0.05) is 13.3 Å². The molecule has 3 rings (SSSR count). The SMILES string of the molecule is CCC[C@@H]1[C@H](c2ccco2)N[C@H](c2ccco2)C[C@@]1(C)O. The van der Waals surface area contributed by atoms with Crippen LogP contribution in [-0.4, -0.2) is 10.7 Å². The minimum absolute atomic E-state index is 0.00111. The summed E-state index contributed by atoms with van der Waals surface area (Å²) in [5, 5.41) is 14.6. The van der Waals surface area contributed by atoms with Gasteiger partial charge >= 0.3 is 0 Å². The Bertz CT molecular complexity index is 545. The van der Waals surface area contributed by atoms with Gasteiger partial charge in [-0.15, -0.1) is 0 Å². The molecule has 0 amide bonds. The molecule has 2 N–H and O–H groups in total. The summed E-state index contributed by atoms with van der Waals surface area (Å²) in [6.07, 6.45) is 5.99. The van der Waals surface area contributed by atoms with Gasteiger partial charge in [0.25, 0.3) is 0 Å². The third-order valence-electron chi connectivity index (χ3n) is 4.54. The standard InChI is InChI=1S/C17H23NO3/c1-3-6-12-16(15-8-5-10-21-15)18-13(11-17(12,2)19)14-7-4-9-20-14/h4-5,7-10,12-13,16,18-19H,3,6,11H2,1-2H3/t12-,13+,16-,17-/m1/s1. The van der Waals surface area contributed by atoms with Gasteiger partial charge in [-0.3, -0.25) is 5.32 Å². The molecule has 4 atom stereocenters. The molecule has 1 saturated heterocycles. The lowest BCUT2D eigenvalue weighted by Crippen LogP contribution is -2.51. The molecule has 1 fully saturated rings. The van der Waals surface area contributed by atoms with Gasteiger partial charge in [0.05, 0.1) is 30.2 Å². The number of piperidine rings is 1. The molecule has 0 aromatic carbocycles. The van der Waals surface area contributed by atoms with Crippen LogP contribution in [-0.2, 0) is 0 Å². The largest absolute Gasteiger partial charge is 0.468 e. The lowest BCUT2D eigenvalue weighted by Gasteiger charge is -2.45. The molecule has 1 aliphatic heterocycles. The van der Waals surface area contributed by atoms with Crippen molar-refractivity contribution in [3.05, 3.63) is 48.3 Å². The lowest BCUT2D eigenvalue weighted by molar-refractivity contribution is -0.0695. The predicted molar refractivity (Wildman–Crippen MR) is 79.7 cm³/mol. The zero-order valence-electron chi connectivity index (χ0n) is 12.6. The summed E-state index contributed by atoms with van der Waals surface area (Å²) < 4.78 is 11.1. The summed E-state index contributed by atoms with van der Waals surface area (Å²) in [5.74, 6) is 1.87. The van der Waals surface area contributed by atoms with E-state index >= 15 is 0 Å². The van der Waals surface area contributed by atoms with Crippen molar-refractivity contribution in [2.24, 2.45) is 5.92 Å². The quantitative estimate of drug-likeness (QED) is 0.898. The minimum Gasteiger partial charge on any atom is -0.468 e. The molecule has 4 nitrogen and oxygen atoms in total. The summed E-state index contributed by atoms with van der Waals surface area (Å²) in [6, 6.07) is 7.70. The zero-order chi connectivity index (χ0) is 14.9. The highest BCUT2D eigenvalue weighted by Crippen LogP contribution is 2.45. The van der Waals surface area contributed by atoms with Gasteiger partial charge in [0.2, 0.25) is 0 Å². The third kappa shape index (κ3) is 2.78. The summed E-state index contributed by atoms with van der Waals surface area (Å²) in [5.41, 5.74) is -0.754. The fraction of sp³-hybridized carbons (Fsp3) is 0.529. The second-order valence-electron chi connectivity index (χ2n) is 6.18. The highest BCUT2D eigenvalue weighted by Gasteiger charge is 2.46. The van der Waals surface area contributed by atoms with Gasteiger partial charge in [0.1, 0.15) is 11.5 Å². The van der Waals surface area contributed by atoms with E-state index in [1.54, 1.807) is 12.5 Å².